The lowest BCUT2D eigenvalue weighted by Crippen LogP contribution is -2.36. The van der Waals surface area contributed by atoms with E-state index in [1.807, 2.05) is 5.38 Å². The van der Waals surface area contributed by atoms with E-state index in [4.69, 9.17) is 0 Å². The van der Waals surface area contributed by atoms with Crippen molar-refractivity contribution < 1.29 is 8.42 Å². The van der Waals surface area contributed by atoms with Gasteiger partial charge in [-0.2, -0.15) is 4.31 Å². The van der Waals surface area contributed by atoms with Gasteiger partial charge in [0.2, 0.25) is 10.0 Å². The van der Waals surface area contributed by atoms with E-state index in [2.05, 4.69) is 19.2 Å². The van der Waals surface area contributed by atoms with Gasteiger partial charge in [-0.15, -0.1) is 11.3 Å². The molecule has 1 aliphatic heterocycles. The summed E-state index contributed by atoms with van der Waals surface area (Å²) >= 11 is 1.51. The summed E-state index contributed by atoms with van der Waals surface area (Å²) in [5, 5.41) is 5.16. The Balaban J connectivity index is 2.18. The highest BCUT2D eigenvalue weighted by Gasteiger charge is 2.28. The third kappa shape index (κ3) is 3.56. The normalized spacial score (nSPS) is 18.1. The molecule has 19 heavy (non-hydrogen) atoms. The van der Waals surface area contributed by atoms with E-state index in [9.17, 15) is 8.42 Å². The first-order valence-corrected chi connectivity index (χ1v) is 9.13. The Labute approximate surface area is 119 Å². The number of nitrogens with zero attached hydrogens (tertiary/aromatic N) is 1. The van der Waals surface area contributed by atoms with Crippen molar-refractivity contribution in [2.45, 2.75) is 50.6 Å². The van der Waals surface area contributed by atoms with Crippen LogP contribution in [0.15, 0.2) is 16.3 Å². The minimum absolute atomic E-state index is 0.354. The third-order valence-corrected chi connectivity index (χ3v) is 6.34. The van der Waals surface area contributed by atoms with Crippen LogP contribution in [0, 0.1) is 0 Å². The molecule has 0 aromatic carbocycles. The Kier molecular flexibility index (Phi) is 5.00. The van der Waals surface area contributed by atoms with E-state index in [0.717, 1.165) is 24.1 Å². The highest BCUT2D eigenvalue weighted by atomic mass is 32.2. The van der Waals surface area contributed by atoms with Crippen molar-refractivity contribution in [3.05, 3.63) is 16.3 Å². The highest BCUT2D eigenvalue weighted by molar-refractivity contribution is 7.89. The molecule has 1 N–H and O–H groups in total. The van der Waals surface area contributed by atoms with Crippen LogP contribution >= 0.6 is 11.3 Å². The molecule has 0 saturated carbocycles. The number of thiophene rings is 1. The van der Waals surface area contributed by atoms with Gasteiger partial charge >= 0.3 is 0 Å². The van der Waals surface area contributed by atoms with E-state index in [-0.39, 0.29) is 0 Å². The summed E-state index contributed by atoms with van der Waals surface area (Å²) in [5.74, 6) is 0. The fourth-order valence-corrected chi connectivity index (χ4v) is 5.11. The smallest absolute Gasteiger partial charge is 0.244 e. The fraction of sp³-hybridized carbons (Fsp3) is 0.692. The summed E-state index contributed by atoms with van der Waals surface area (Å²) in [5.41, 5.74) is 0. The summed E-state index contributed by atoms with van der Waals surface area (Å²) in [6.07, 6.45) is 3.09. The van der Waals surface area contributed by atoms with Crippen molar-refractivity contribution in [1.29, 1.82) is 0 Å². The van der Waals surface area contributed by atoms with Gasteiger partial charge in [0, 0.05) is 30.6 Å². The Morgan fingerprint density at radius 2 is 2.00 bits per heavy atom. The van der Waals surface area contributed by atoms with Gasteiger partial charge in [-0.3, -0.25) is 0 Å². The zero-order valence-electron chi connectivity index (χ0n) is 11.6. The van der Waals surface area contributed by atoms with Crippen molar-refractivity contribution in [3.8, 4) is 0 Å². The Morgan fingerprint density at radius 1 is 1.32 bits per heavy atom. The first-order valence-electron chi connectivity index (χ1n) is 6.81. The van der Waals surface area contributed by atoms with Crippen LogP contribution < -0.4 is 5.32 Å². The lowest BCUT2D eigenvalue weighted by atomic mass is 10.2. The maximum Gasteiger partial charge on any atom is 0.244 e. The summed E-state index contributed by atoms with van der Waals surface area (Å²) < 4.78 is 26.9. The van der Waals surface area contributed by atoms with Gasteiger partial charge in [-0.05, 0) is 24.3 Å². The maximum atomic E-state index is 12.6. The second-order valence-corrected chi connectivity index (χ2v) is 8.12. The zero-order chi connectivity index (χ0) is 13.9. The third-order valence-electron chi connectivity index (χ3n) is 3.31. The van der Waals surface area contributed by atoms with Gasteiger partial charge in [-0.25, -0.2) is 8.42 Å². The molecule has 0 spiro atoms. The Bertz CT molecular complexity index is 502. The Hall–Kier alpha value is -0.430. The van der Waals surface area contributed by atoms with Crippen LogP contribution in [0.5, 0.6) is 0 Å². The molecule has 1 aromatic heterocycles. The largest absolute Gasteiger partial charge is 0.310 e. The Morgan fingerprint density at radius 3 is 2.63 bits per heavy atom. The van der Waals surface area contributed by atoms with E-state index in [1.165, 1.54) is 11.3 Å². The van der Waals surface area contributed by atoms with Crippen LogP contribution in [0.4, 0.5) is 0 Å². The molecule has 0 bridgehead atoms. The second-order valence-electron chi connectivity index (χ2n) is 5.21. The first-order chi connectivity index (χ1) is 9.01. The van der Waals surface area contributed by atoms with Crippen molar-refractivity contribution in [1.82, 2.24) is 9.62 Å². The summed E-state index contributed by atoms with van der Waals surface area (Å²) in [6.45, 7) is 6.07. The van der Waals surface area contributed by atoms with Crippen molar-refractivity contribution in [2.24, 2.45) is 0 Å². The minimum atomic E-state index is -3.29. The molecule has 1 aliphatic rings. The van der Waals surface area contributed by atoms with Gasteiger partial charge in [0.05, 0.1) is 4.90 Å². The second kappa shape index (κ2) is 6.35. The van der Waals surface area contributed by atoms with Crippen LogP contribution in [-0.2, 0) is 16.6 Å². The SMILES string of the molecule is CC(C)NCc1sccc1S(=O)(=O)N1CCCCC1. The molecular formula is C13H22N2O2S2. The van der Waals surface area contributed by atoms with Gasteiger partial charge in [-0.1, -0.05) is 20.3 Å². The maximum absolute atomic E-state index is 12.6. The molecule has 1 saturated heterocycles. The number of nitrogens with one attached hydrogen (secondary N) is 1. The van der Waals surface area contributed by atoms with Crippen LogP contribution in [0.3, 0.4) is 0 Å². The monoisotopic (exact) mass is 302 g/mol. The average Bonchev–Trinajstić information content (AvgIpc) is 2.86. The topological polar surface area (TPSA) is 49.4 Å². The molecule has 108 valence electrons. The number of hydrogen-bond donors (Lipinski definition) is 1. The zero-order valence-corrected chi connectivity index (χ0v) is 13.2. The summed E-state index contributed by atoms with van der Waals surface area (Å²) in [4.78, 5) is 1.41. The molecule has 0 amide bonds. The predicted octanol–water partition coefficient (Wildman–Crippen LogP) is 2.42. The molecule has 2 heterocycles. The molecule has 0 aliphatic carbocycles. The van der Waals surface area contributed by atoms with E-state index < -0.39 is 10.0 Å². The van der Waals surface area contributed by atoms with Crippen molar-refractivity contribution in [2.75, 3.05) is 13.1 Å². The standard InChI is InChI=1S/C13H22N2O2S2/c1-11(2)14-10-12-13(6-9-18-12)19(16,17)15-7-4-3-5-8-15/h6,9,11,14H,3-5,7-8,10H2,1-2H3. The number of rotatable bonds is 5. The minimum Gasteiger partial charge on any atom is -0.310 e. The van der Waals surface area contributed by atoms with Gasteiger partial charge in [0.1, 0.15) is 0 Å². The summed E-state index contributed by atoms with van der Waals surface area (Å²) in [7, 11) is -3.29. The number of piperidine rings is 1. The van der Waals surface area contributed by atoms with Crippen molar-refractivity contribution in [3.63, 3.8) is 0 Å². The molecule has 2 rings (SSSR count). The number of sulfonamides is 1. The van der Waals surface area contributed by atoms with Gasteiger partial charge < -0.3 is 5.32 Å². The molecule has 6 heteroatoms. The molecule has 0 unspecified atom stereocenters. The molecule has 4 nitrogen and oxygen atoms in total. The van der Waals surface area contributed by atoms with Crippen LogP contribution in [0.25, 0.3) is 0 Å². The van der Waals surface area contributed by atoms with Crippen LogP contribution in [-0.4, -0.2) is 31.9 Å². The average molecular weight is 302 g/mol. The van der Waals surface area contributed by atoms with Crippen molar-refractivity contribution >= 4 is 21.4 Å². The molecule has 1 fully saturated rings. The lowest BCUT2D eigenvalue weighted by Gasteiger charge is -2.26. The summed E-state index contributed by atoms with van der Waals surface area (Å²) in [6, 6.07) is 2.10. The predicted molar refractivity (Wildman–Crippen MR) is 78.9 cm³/mol. The number of hydrogen-bond acceptors (Lipinski definition) is 4. The first kappa shape index (κ1) is 15.0. The fourth-order valence-electron chi connectivity index (χ4n) is 2.23. The van der Waals surface area contributed by atoms with Gasteiger partial charge in [0.25, 0.3) is 0 Å². The molecule has 0 radical (unpaired) electrons. The van der Waals surface area contributed by atoms with E-state index in [0.29, 0.717) is 30.6 Å². The van der Waals surface area contributed by atoms with E-state index in [1.54, 1.807) is 10.4 Å². The molecular weight excluding hydrogens is 280 g/mol. The quantitative estimate of drug-likeness (QED) is 0.909. The van der Waals surface area contributed by atoms with Gasteiger partial charge in [0.15, 0.2) is 0 Å². The molecule has 0 atom stereocenters. The molecule has 1 aromatic rings. The highest BCUT2D eigenvalue weighted by Crippen LogP contribution is 2.27. The van der Waals surface area contributed by atoms with Crippen LogP contribution in [0.1, 0.15) is 38.0 Å². The van der Waals surface area contributed by atoms with Crippen LogP contribution in [0.2, 0.25) is 0 Å². The van der Waals surface area contributed by atoms with E-state index >= 15 is 0 Å². The lowest BCUT2D eigenvalue weighted by molar-refractivity contribution is 0.346.